The van der Waals surface area contributed by atoms with Gasteiger partial charge < -0.3 is 0 Å². The molecule has 2 aliphatic carbocycles. The summed E-state index contributed by atoms with van der Waals surface area (Å²) in [5.41, 5.74) is 3.69. The van der Waals surface area contributed by atoms with Crippen LogP contribution in [0.5, 0.6) is 0 Å². The first kappa shape index (κ1) is 12.3. The zero-order valence-corrected chi connectivity index (χ0v) is 11.6. The van der Waals surface area contributed by atoms with E-state index in [4.69, 9.17) is 0 Å². The van der Waals surface area contributed by atoms with Crippen LogP contribution >= 0.6 is 0 Å². The smallest absolute Gasteiger partial charge is 0.0504 e. The van der Waals surface area contributed by atoms with Crippen molar-refractivity contribution < 1.29 is 4.21 Å². The first-order chi connectivity index (χ1) is 7.89. The highest BCUT2D eigenvalue weighted by atomic mass is 32.2. The average molecular weight is 246 g/mol. The van der Waals surface area contributed by atoms with E-state index in [0.29, 0.717) is 0 Å². The van der Waals surface area contributed by atoms with Gasteiger partial charge >= 0.3 is 0 Å². The molecule has 0 spiro atoms. The lowest BCUT2D eigenvalue weighted by atomic mass is 9.88. The van der Waals surface area contributed by atoms with Crippen LogP contribution in [0.25, 0.3) is 11.1 Å². The van der Waals surface area contributed by atoms with Gasteiger partial charge in [0.05, 0.1) is 10.8 Å². The van der Waals surface area contributed by atoms with E-state index >= 15 is 0 Å². The monoisotopic (exact) mass is 246 g/mol. The molecule has 0 heterocycles. The molecule has 0 fully saturated rings. The number of rotatable bonds is 1. The highest BCUT2D eigenvalue weighted by Gasteiger charge is 2.15. The third-order valence-electron chi connectivity index (χ3n) is 3.04. The predicted molar refractivity (Wildman–Crippen MR) is 74.1 cm³/mol. The fraction of sp³-hybridized carbons (Fsp3) is 0.333. The van der Waals surface area contributed by atoms with Crippen molar-refractivity contribution in [2.75, 3.05) is 6.26 Å². The van der Waals surface area contributed by atoms with Gasteiger partial charge in [-0.1, -0.05) is 51.1 Å². The van der Waals surface area contributed by atoms with Crippen molar-refractivity contribution in [1.29, 1.82) is 0 Å². The normalized spacial score (nSPS) is 13.9. The quantitative estimate of drug-likeness (QED) is 0.747. The number of hydrogen-bond acceptors (Lipinski definition) is 1. The minimum atomic E-state index is -0.922. The van der Waals surface area contributed by atoms with E-state index in [0.717, 1.165) is 16.0 Å². The summed E-state index contributed by atoms with van der Waals surface area (Å²) in [4.78, 5) is 0.927. The standard InChI is InChI=1S/C15H18OS/c1-15(2,3)12-7-5-11-6-10-14(17(4)16)13(11)9-8-12/h5-10H,1-4H3. The summed E-state index contributed by atoms with van der Waals surface area (Å²) in [5.74, 6) is 0. The Bertz CT molecular complexity index is 537. The topological polar surface area (TPSA) is 17.1 Å². The molecule has 1 unspecified atom stereocenters. The Hall–Kier alpha value is -1.15. The van der Waals surface area contributed by atoms with E-state index in [-0.39, 0.29) is 5.41 Å². The molecule has 0 amide bonds. The zero-order chi connectivity index (χ0) is 12.6. The van der Waals surface area contributed by atoms with Gasteiger partial charge in [-0.3, -0.25) is 4.21 Å². The highest BCUT2D eigenvalue weighted by Crippen LogP contribution is 2.31. The SMILES string of the molecule is CS(=O)c1ccc2ccc(C(C)(C)C)ccc1-2. The molecule has 17 heavy (non-hydrogen) atoms. The molecule has 0 saturated carbocycles. The Morgan fingerprint density at radius 2 is 1.53 bits per heavy atom. The minimum Gasteiger partial charge on any atom is -0.255 e. The Morgan fingerprint density at radius 1 is 0.941 bits per heavy atom. The molecule has 0 radical (unpaired) electrons. The maximum Gasteiger partial charge on any atom is 0.0504 e. The molecule has 1 atom stereocenters. The van der Waals surface area contributed by atoms with Crippen molar-refractivity contribution in [2.24, 2.45) is 0 Å². The fourth-order valence-corrected chi connectivity index (χ4v) is 2.73. The second kappa shape index (κ2) is 4.26. The summed E-state index contributed by atoms with van der Waals surface area (Å²) < 4.78 is 11.6. The van der Waals surface area contributed by atoms with Crippen molar-refractivity contribution >= 4 is 10.8 Å². The summed E-state index contributed by atoms with van der Waals surface area (Å²) in [6.07, 6.45) is 1.73. The molecule has 0 aromatic carbocycles. The van der Waals surface area contributed by atoms with Gasteiger partial charge in [-0.25, -0.2) is 0 Å². The van der Waals surface area contributed by atoms with E-state index in [9.17, 15) is 4.21 Å². The van der Waals surface area contributed by atoms with Gasteiger partial charge in [0.2, 0.25) is 0 Å². The Morgan fingerprint density at radius 3 is 2.12 bits per heavy atom. The van der Waals surface area contributed by atoms with Crippen LogP contribution in [0, 0.1) is 0 Å². The predicted octanol–water partition coefficient (Wildman–Crippen LogP) is 3.83. The van der Waals surface area contributed by atoms with Gasteiger partial charge in [0.25, 0.3) is 0 Å². The van der Waals surface area contributed by atoms with E-state index in [2.05, 4.69) is 45.0 Å². The second-order valence-corrected chi connectivity index (χ2v) is 6.74. The molecule has 0 aliphatic heterocycles. The summed E-state index contributed by atoms with van der Waals surface area (Å²) >= 11 is 0. The fourth-order valence-electron chi connectivity index (χ4n) is 1.97. The van der Waals surface area contributed by atoms with Crippen molar-refractivity contribution in [1.82, 2.24) is 0 Å². The van der Waals surface area contributed by atoms with Crippen molar-refractivity contribution in [2.45, 2.75) is 31.1 Å². The average Bonchev–Trinajstić information content (AvgIpc) is 2.48. The van der Waals surface area contributed by atoms with Gasteiger partial charge in [0.1, 0.15) is 0 Å². The molecule has 2 rings (SSSR count). The van der Waals surface area contributed by atoms with E-state index in [1.807, 2.05) is 12.1 Å². The number of hydrogen-bond donors (Lipinski definition) is 0. The van der Waals surface area contributed by atoms with Gasteiger partial charge in [-0.2, -0.15) is 0 Å². The highest BCUT2D eigenvalue weighted by molar-refractivity contribution is 7.84. The van der Waals surface area contributed by atoms with Crippen LogP contribution < -0.4 is 0 Å². The maximum atomic E-state index is 11.6. The summed E-state index contributed by atoms with van der Waals surface area (Å²) in [6.45, 7) is 6.60. The van der Waals surface area contributed by atoms with Crippen LogP contribution in [-0.2, 0) is 16.2 Å². The third-order valence-corrected chi connectivity index (χ3v) is 4.01. The number of fused-ring (bicyclic) bond motifs is 1. The Kier molecular flexibility index (Phi) is 3.09. The van der Waals surface area contributed by atoms with Gasteiger partial charge in [-0.15, -0.1) is 0 Å². The molecule has 0 bridgehead atoms. The lowest BCUT2D eigenvalue weighted by Gasteiger charge is -2.17. The van der Waals surface area contributed by atoms with Crippen LogP contribution in [-0.4, -0.2) is 10.5 Å². The molecule has 90 valence electrons. The van der Waals surface area contributed by atoms with Crippen molar-refractivity contribution in [3.05, 3.63) is 42.0 Å². The Labute approximate surface area is 106 Å². The molecule has 0 aromatic heterocycles. The van der Waals surface area contributed by atoms with Crippen LogP contribution in [0.4, 0.5) is 0 Å². The van der Waals surface area contributed by atoms with Crippen LogP contribution in [0.1, 0.15) is 26.3 Å². The van der Waals surface area contributed by atoms with Crippen LogP contribution in [0.2, 0.25) is 0 Å². The molecule has 0 saturated heterocycles. The van der Waals surface area contributed by atoms with Gasteiger partial charge in [-0.05, 0) is 28.2 Å². The first-order valence-electron chi connectivity index (χ1n) is 5.76. The summed E-state index contributed by atoms with van der Waals surface area (Å²) in [5, 5.41) is 0. The first-order valence-corrected chi connectivity index (χ1v) is 7.32. The molecule has 0 aromatic rings. The maximum absolute atomic E-state index is 11.6. The van der Waals surface area contributed by atoms with E-state index in [1.165, 1.54) is 5.56 Å². The Balaban J connectivity index is 2.61. The van der Waals surface area contributed by atoms with Gasteiger partial charge in [0.15, 0.2) is 0 Å². The molecular formula is C15H18OS. The van der Waals surface area contributed by atoms with Crippen molar-refractivity contribution in [3.8, 4) is 11.1 Å². The largest absolute Gasteiger partial charge is 0.255 e. The van der Waals surface area contributed by atoms with E-state index < -0.39 is 10.8 Å². The lowest BCUT2D eigenvalue weighted by molar-refractivity contribution is 0.591. The van der Waals surface area contributed by atoms with Crippen LogP contribution in [0.3, 0.4) is 0 Å². The van der Waals surface area contributed by atoms with Crippen LogP contribution in [0.15, 0.2) is 41.3 Å². The summed E-state index contributed by atoms with van der Waals surface area (Å²) in [6, 6.07) is 12.5. The zero-order valence-electron chi connectivity index (χ0n) is 10.8. The lowest BCUT2D eigenvalue weighted by Crippen LogP contribution is -2.09. The second-order valence-electron chi connectivity index (χ2n) is 5.39. The van der Waals surface area contributed by atoms with E-state index in [1.54, 1.807) is 6.26 Å². The molecular weight excluding hydrogens is 228 g/mol. The summed E-state index contributed by atoms with van der Waals surface area (Å²) in [7, 11) is -0.922. The molecule has 2 heteroatoms. The molecule has 0 N–H and O–H groups in total. The molecule has 2 aliphatic rings. The van der Waals surface area contributed by atoms with Crippen molar-refractivity contribution in [3.63, 3.8) is 0 Å². The molecule has 1 nitrogen and oxygen atoms in total. The third kappa shape index (κ3) is 2.42. The minimum absolute atomic E-state index is 0.141. The van der Waals surface area contributed by atoms with Gasteiger partial charge in [0, 0.05) is 11.2 Å².